The molecule has 5 nitrogen and oxygen atoms in total. The number of aryl methyl sites for hydroxylation is 1. The van der Waals surface area contributed by atoms with E-state index in [9.17, 15) is 4.79 Å². The van der Waals surface area contributed by atoms with Crippen LogP contribution in [0.5, 0.6) is 0 Å². The summed E-state index contributed by atoms with van der Waals surface area (Å²) in [7, 11) is 1.89. The summed E-state index contributed by atoms with van der Waals surface area (Å²) in [5.74, 6) is 1.16. The lowest BCUT2D eigenvalue weighted by molar-refractivity contribution is 0.102. The highest BCUT2D eigenvalue weighted by molar-refractivity contribution is 7.99. The number of ketones is 1. The quantitative estimate of drug-likeness (QED) is 0.533. The van der Waals surface area contributed by atoms with Crippen molar-refractivity contribution < 1.29 is 4.79 Å². The van der Waals surface area contributed by atoms with E-state index >= 15 is 0 Å². The summed E-state index contributed by atoms with van der Waals surface area (Å²) in [6.07, 6.45) is 3.46. The maximum Gasteiger partial charge on any atom is 0.191 e. The molecule has 0 bridgehead atoms. The molecular formula is C17H16N4OS. The summed E-state index contributed by atoms with van der Waals surface area (Å²) in [6.45, 7) is 2.00. The molecule has 0 saturated heterocycles. The Balaban J connectivity index is 1.71. The van der Waals surface area contributed by atoms with Gasteiger partial charge in [-0.25, -0.2) is 0 Å². The van der Waals surface area contributed by atoms with Gasteiger partial charge in [-0.05, 0) is 19.1 Å². The fourth-order valence-corrected chi connectivity index (χ4v) is 2.95. The SMILES string of the molecule is Cc1ccc(C(=O)CSc2nnc(-c3cccnc3)n2C)cc1. The molecule has 0 aliphatic rings. The van der Waals surface area contributed by atoms with Gasteiger partial charge in [-0.2, -0.15) is 0 Å². The average molecular weight is 324 g/mol. The number of rotatable bonds is 5. The van der Waals surface area contributed by atoms with Crippen LogP contribution in [0.25, 0.3) is 11.4 Å². The minimum atomic E-state index is 0.0842. The molecule has 0 aliphatic heterocycles. The second kappa shape index (κ2) is 6.75. The van der Waals surface area contributed by atoms with Crippen LogP contribution in [0, 0.1) is 6.92 Å². The lowest BCUT2D eigenvalue weighted by atomic mass is 10.1. The molecule has 3 rings (SSSR count). The highest BCUT2D eigenvalue weighted by Crippen LogP contribution is 2.22. The second-order valence-electron chi connectivity index (χ2n) is 5.18. The van der Waals surface area contributed by atoms with E-state index in [4.69, 9.17) is 0 Å². The molecule has 0 amide bonds. The van der Waals surface area contributed by atoms with Gasteiger partial charge in [0.15, 0.2) is 16.8 Å². The lowest BCUT2D eigenvalue weighted by Crippen LogP contribution is -2.04. The number of nitrogens with zero attached hydrogens (tertiary/aromatic N) is 4. The highest BCUT2D eigenvalue weighted by atomic mass is 32.2. The van der Waals surface area contributed by atoms with Crippen LogP contribution >= 0.6 is 11.8 Å². The van der Waals surface area contributed by atoms with Gasteiger partial charge < -0.3 is 4.57 Å². The Kier molecular flexibility index (Phi) is 4.52. The fourth-order valence-electron chi connectivity index (χ4n) is 2.14. The van der Waals surface area contributed by atoms with Crippen molar-refractivity contribution in [2.75, 3.05) is 5.75 Å². The number of aromatic nitrogens is 4. The maximum absolute atomic E-state index is 12.2. The highest BCUT2D eigenvalue weighted by Gasteiger charge is 2.13. The topological polar surface area (TPSA) is 60.7 Å². The summed E-state index contributed by atoms with van der Waals surface area (Å²) in [4.78, 5) is 16.3. The van der Waals surface area contributed by atoms with E-state index in [1.165, 1.54) is 11.8 Å². The van der Waals surface area contributed by atoms with Crippen LogP contribution < -0.4 is 0 Å². The van der Waals surface area contributed by atoms with Gasteiger partial charge in [0.05, 0.1) is 5.75 Å². The Hall–Kier alpha value is -2.47. The van der Waals surface area contributed by atoms with Gasteiger partial charge in [0.25, 0.3) is 0 Å². The number of hydrogen-bond donors (Lipinski definition) is 0. The molecule has 2 heterocycles. The number of benzene rings is 1. The van der Waals surface area contributed by atoms with Crippen LogP contribution in [0.1, 0.15) is 15.9 Å². The smallest absolute Gasteiger partial charge is 0.191 e. The minimum absolute atomic E-state index is 0.0842. The zero-order valence-electron chi connectivity index (χ0n) is 12.9. The fraction of sp³-hybridized carbons (Fsp3) is 0.176. The number of thioether (sulfide) groups is 1. The summed E-state index contributed by atoms with van der Waals surface area (Å²) in [5.41, 5.74) is 2.76. The Morgan fingerprint density at radius 1 is 1.17 bits per heavy atom. The van der Waals surface area contributed by atoms with Crippen molar-refractivity contribution in [1.29, 1.82) is 0 Å². The molecule has 116 valence electrons. The van der Waals surface area contributed by atoms with E-state index in [0.29, 0.717) is 10.9 Å². The van der Waals surface area contributed by atoms with Gasteiger partial charge in [0, 0.05) is 30.6 Å². The number of pyridine rings is 1. The Labute approximate surface area is 138 Å². The van der Waals surface area contributed by atoms with Gasteiger partial charge in [-0.3, -0.25) is 9.78 Å². The standard InChI is InChI=1S/C17H16N4OS/c1-12-5-7-13(8-6-12)15(22)11-23-17-20-19-16(21(17)2)14-4-3-9-18-10-14/h3-10H,11H2,1-2H3. The zero-order valence-corrected chi connectivity index (χ0v) is 13.7. The first-order valence-electron chi connectivity index (χ1n) is 7.17. The maximum atomic E-state index is 12.2. The van der Waals surface area contributed by atoms with E-state index in [2.05, 4.69) is 15.2 Å². The molecule has 0 unspecified atom stereocenters. The first-order chi connectivity index (χ1) is 11.1. The molecule has 1 aromatic carbocycles. The summed E-state index contributed by atoms with van der Waals surface area (Å²) < 4.78 is 1.88. The molecule has 0 N–H and O–H groups in total. The average Bonchev–Trinajstić information content (AvgIpc) is 2.95. The number of hydrogen-bond acceptors (Lipinski definition) is 5. The number of Topliss-reactive ketones (excluding diaryl/α,β-unsaturated/α-hetero) is 1. The van der Waals surface area contributed by atoms with Crippen molar-refractivity contribution >= 4 is 17.5 Å². The van der Waals surface area contributed by atoms with Crippen molar-refractivity contribution in [1.82, 2.24) is 19.7 Å². The molecule has 0 saturated carbocycles. The second-order valence-corrected chi connectivity index (χ2v) is 6.13. The third-order valence-corrected chi connectivity index (χ3v) is 4.48. The van der Waals surface area contributed by atoms with Crippen molar-refractivity contribution in [3.05, 3.63) is 59.9 Å². The minimum Gasteiger partial charge on any atom is -0.305 e. The molecule has 0 spiro atoms. The molecule has 23 heavy (non-hydrogen) atoms. The van der Waals surface area contributed by atoms with Crippen molar-refractivity contribution in [3.63, 3.8) is 0 Å². The molecule has 0 radical (unpaired) electrons. The molecule has 2 aromatic heterocycles. The monoisotopic (exact) mass is 324 g/mol. The summed E-state index contributed by atoms with van der Waals surface area (Å²) >= 11 is 1.39. The molecule has 0 aliphatic carbocycles. The van der Waals surface area contributed by atoms with Gasteiger partial charge in [-0.1, -0.05) is 41.6 Å². The van der Waals surface area contributed by atoms with Crippen LogP contribution in [-0.4, -0.2) is 31.3 Å². The largest absolute Gasteiger partial charge is 0.305 e. The first kappa shape index (κ1) is 15.4. The van der Waals surface area contributed by atoms with Crippen LogP contribution in [0.2, 0.25) is 0 Å². The van der Waals surface area contributed by atoms with Gasteiger partial charge in [0.1, 0.15) is 0 Å². The normalized spacial score (nSPS) is 10.7. The molecule has 6 heteroatoms. The van der Waals surface area contributed by atoms with Crippen molar-refractivity contribution in [2.45, 2.75) is 12.1 Å². The Morgan fingerprint density at radius 2 is 1.96 bits per heavy atom. The van der Waals surface area contributed by atoms with E-state index < -0.39 is 0 Å². The predicted molar refractivity (Wildman–Crippen MR) is 90.5 cm³/mol. The molecule has 0 atom stereocenters. The van der Waals surface area contributed by atoms with Gasteiger partial charge >= 0.3 is 0 Å². The van der Waals surface area contributed by atoms with Crippen molar-refractivity contribution in [2.24, 2.45) is 7.05 Å². The Morgan fingerprint density at radius 3 is 2.65 bits per heavy atom. The van der Waals surface area contributed by atoms with E-state index in [0.717, 1.165) is 22.5 Å². The summed E-state index contributed by atoms with van der Waals surface area (Å²) in [5, 5.41) is 9.07. The first-order valence-corrected chi connectivity index (χ1v) is 8.16. The van der Waals surface area contributed by atoms with E-state index in [1.807, 2.05) is 54.9 Å². The van der Waals surface area contributed by atoms with Crippen LogP contribution in [0.4, 0.5) is 0 Å². The number of carbonyl (C=O) groups is 1. The molecule has 3 aromatic rings. The Bertz CT molecular complexity index is 812. The number of carbonyl (C=O) groups excluding carboxylic acids is 1. The van der Waals surface area contributed by atoms with Crippen LogP contribution in [-0.2, 0) is 7.05 Å². The third-order valence-electron chi connectivity index (χ3n) is 3.46. The zero-order chi connectivity index (χ0) is 16.2. The van der Waals surface area contributed by atoms with E-state index in [-0.39, 0.29) is 5.78 Å². The van der Waals surface area contributed by atoms with E-state index in [1.54, 1.807) is 12.4 Å². The molecular weight excluding hydrogens is 308 g/mol. The predicted octanol–water partition coefficient (Wildman–Crippen LogP) is 3.16. The third kappa shape index (κ3) is 3.48. The van der Waals surface area contributed by atoms with Crippen LogP contribution in [0.15, 0.2) is 53.9 Å². The van der Waals surface area contributed by atoms with Crippen LogP contribution in [0.3, 0.4) is 0 Å². The van der Waals surface area contributed by atoms with Gasteiger partial charge in [0.2, 0.25) is 0 Å². The lowest BCUT2D eigenvalue weighted by Gasteiger charge is -2.04. The summed E-state index contributed by atoms with van der Waals surface area (Å²) in [6, 6.07) is 11.4. The van der Waals surface area contributed by atoms with Crippen molar-refractivity contribution in [3.8, 4) is 11.4 Å². The van der Waals surface area contributed by atoms with Gasteiger partial charge in [-0.15, -0.1) is 10.2 Å². The molecule has 0 fully saturated rings.